The average molecular weight is 334 g/mol. The molecular formula is C18H16F2O4. The third kappa shape index (κ3) is 4.87. The molecule has 0 N–H and O–H groups in total. The highest BCUT2D eigenvalue weighted by Gasteiger charge is 2.15. The smallest absolute Gasteiger partial charge is 0.306 e. The van der Waals surface area contributed by atoms with Crippen molar-refractivity contribution in [3.8, 4) is 5.75 Å². The summed E-state index contributed by atoms with van der Waals surface area (Å²) in [7, 11) is 1.53. The van der Waals surface area contributed by atoms with Crippen molar-refractivity contribution < 1.29 is 27.8 Å². The molecule has 4 nitrogen and oxygen atoms in total. The van der Waals surface area contributed by atoms with Crippen LogP contribution >= 0.6 is 0 Å². The van der Waals surface area contributed by atoms with Gasteiger partial charge >= 0.3 is 5.97 Å². The number of halogens is 2. The van der Waals surface area contributed by atoms with E-state index in [-0.39, 0.29) is 25.0 Å². The number of carbonyl (C=O) groups excluding carboxylic acids is 2. The van der Waals surface area contributed by atoms with Gasteiger partial charge in [-0.05, 0) is 29.8 Å². The molecule has 0 spiro atoms. The molecular weight excluding hydrogens is 318 g/mol. The van der Waals surface area contributed by atoms with E-state index in [0.29, 0.717) is 11.8 Å². The Balaban J connectivity index is 1.83. The van der Waals surface area contributed by atoms with Crippen LogP contribution in [0.2, 0.25) is 0 Å². The summed E-state index contributed by atoms with van der Waals surface area (Å²) in [4.78, 5) is 23.5. The van der Waals surface area contributed by atoms with E-state index in [4.69, 9.17) is 9.47 Å². The fourth-order valence-corrected chi connectivity index (χ4v) is 2.06. The lowest BCUT2D eigenvalue weighted by Gasteiger charge is -2.07. The van der Waals surface area contributed by atoms with Crippen LogP contribution in [-0.4, -0.2) is 18.9 Å². The van der Waals surface area contributed by atoms with Crippen molar-refractivity contribution in [2.45, 2.75) is 19.4 Å². The van der Waals surface area contributed by atoms with Crippen LogP contribution in [0.4, 0.5) is 8.78 Å². The third-order valence-electron chi connectivity index (χ3n) is 3.32. The van der Waals surface area contributed by atoms with Crippen LogP contribution in [0.25, 0.3) is 0 Å². The summed E-state index contributed by atoms with van der Waals surface area (Å²) in [5.74, 6) is -2.21. The predicted molar refractivity (Wildman–Crippen MR) is 82.7 cm³/mol. The zero-order chi connectivity index (χ0) is 17.5. The Labute approximate surface area is 138 Å². The fourth-order valence-electron chi connectivity index (χ4n) is 2.06. The lowest BCUT2D eigenvalue weighted by molar-refractivity contribution is -0.144. The van der Waals surface area contributed by atoms with Crippen LogP contribution in [0, 0.1) is 11.6 Å². The number of benzene rings is 2. The number of ketones is 1. The van der Waals surface area contributed by atoms with Crippen molar-refractivity contribution in [3.63, 3.8) is 0 Å². The SMILES string of the molecule is COc1cccc(COC(=O)CCC(=O)c2ccc(F)cc2F)c1. The first-order chi connectivity index (χ1) is 11.5. The van der Waals surface area contributed by atoms with E-state index in [2.05, 4.69) is 0 Å². The molecule has 0 saturated carbocycles. The Morgan fingerprint density at radius 3 is 2.54 bits per heavy atom. The lowest BCUT2D eigenvalue weighted by atomic mass is 10.1. The summed E-state index contributed by atoms with van der Waals surface area (Å²) < 4.78 is 36.4. The molecule has 0 fully saturated rings. The summed E-state index contributed by atoms with van der Waals surface area (Å²) in [5.41, 5.74) is 0.510. The van der Waals surface area contributed by atoms with Crippen molar-refractivity contribution in [2.75, 3.05) is 7.11 Å². The molecule has 126 valence electrons. The van der Waals surface area contributed by atoms with Gasteiger partial charge in [0, 0.05) is 12.5 Å². The number of hydrogen-bond donors (Lipinski definition) is 0. The monoisotopic (exact) mass is 334 g/mol. The second kappa shape index (κ2) is 8.19. The van der Waals surface area contributed by atoms with Crippen molar-refractivity contribution in [1.82, 2.24) is 0 Å². The molecule has 24 heavy (non-hydrogen) atoms. The maximum atomic E-state index is 13.5. The van der Waals surface area contributed by atoms with Crippen LogP contribution in [0.15, 0.2) is 42.5 Å². The van der Waals surface area contributed by atoms with Gasteiger partial charge in [0.2, 0.25) is 0 Å². The summed E-state index contributed by atoms with van der Waals surface area (Å²) in [6.45, 7) is 0.0507. The lowest BCUT2D eigenvalue weighted by Crippen LogP contribution is -2.09. The van der Waals surface area contributed by atoms with Gasteiger partial charge in [0.15, 0.2) is 5.78 Å². The highest BCUT2D eigenvalue weighted by molar-refractivity contribution is 5.97. The standard InChI is InChI=1S/C18H16F2O4/c1-23-14-4-2-3-12(9-14)11-24-18(22)8-7-17(21)15-6-5-13(19)10-16(15)20/h2-6,9-10H,7-8,11H2,1H3. The zero-order valence-electron chi connectivity index (χ0n) is 13.1. The van der Waals surface area contributed by atoms with Gasteiger partial charge < -0.3 is 9.47 Å². The van der Waals surface area contributed by atoms with Crippen LogP contribution in [0.5, 0.6) is 5.75 Å². The van der Waals surface area contributed by atoms with Crippen LogP contribution in [0.1, 0.15) is 28.8 Å². The topological polar surface area (TPSA) is 52.6 Å². The largest absolute Gasteiger partial charge is 0.497 e. The molecule has 0 amide bonds. The molecule has 2 aromatic carbocycles. The molecule has 2 rings (SSSR count). The highest BCUT2D eigenvalue weighted by atomic mass is 19.1. The average Bonchev–Trinajstić information content (AvgIpc) is 2.58. The Bertz CT molecular complexity index is 744. The maximum absolute atomic E-state index is 13.5. The number of hydrogen-bond acceptors (Lipinski definition) is 4. The first-order valence-electron chi connectivity index (χ1n) is 7.26. The van der Waals surface area contributed by atoms with E-state index in [1.165, 1.54) is 7.11 Å². The quantitative estimate of drug-likeness (QED) is 0.572. The summed E-state index contributed by atoms with van der Waals surface area (Å²) in [6.07, 6.45) is -0.390. The zero-order valence-corrected chi connectivity index (χ0v) is 13.1. The van der Waals surface area contributed by atoms with Crippen LogP contribution < -0.4 is 4.74 Å². The molecule has 0 aliphatic heterocycles. The molecule has 0 saturated heterocycles. The van der Waals surface area contributed by atoms with Gasteiger partial charge in [-0.25, -0.2) is 8.78 Å². The third-order valence-corrected chi connectivity index (χ3v) is 3.32. The summed E-state index contributed by atoms with van der Waals surface area (Å²) in [5, 5.41) is 0. The van der Waals surface area contributed by atoms with Gasteiger partial charge in [0.25, 0.3) is 0 Å². The molecule has 2 aromatic rings. The van der Waals surface area contributed by atoms with E-state index in [0.717, 1.165) is 17.7 Å². The predicted octanol–water partition coefficient (Wildman–Crippen LogP) is 3.68. The number of Topliss-reactive ketones (excluding diaryl/α,β-unsaturated/α-hetero) is 1. The van der Waals surface area contributed by atoms with Gasteiger partial charge in [-0.15, -0.1) is 0 Å². The molecule has 0 unspecified atom stereocenters. The van der Waals surface area contributed by atoms with Gasteiger partial charge in [-0.3, -0.25) is 9.59 Å². The van der Waals surface area contributed by atoms with E-state index in [9.17, 15) is 18.4 Å². The van der Waals surface area contributed by atoms with E-state index < -0.39 is 23.4 Å². The van der Waals surface area contributed by atoms with Crippen LogP contribution in [-0.2, 0) is 16.1 Å². The Hall–Kier alpha value is -2.76. The normalized spacial score (nSPS) is 10.3. The Morgan fingerprint density at radius 1 is 1.04 bits per heavy atom. The number of ether oxygens (including phenoxy) is 2. The minimum atomic E-state index is -0.940. The van der Waals surface area contributed by atoms with Crippen molar-refractivity contribution in [2.24, 2.45) is 0 Å². The second-order valence-corrected chi connectivity index (χ2v) is 5.06. The molecule has 0 bridgehead atoms. The van der Waals surface area contributed by atoms with Crippen LogP contribution in [0.3, 0.4) is 0 Å². The highest BCUT2D eigenvalue weighted by Crippen LogP contribution is 2.15. The van der Waals surface area contributed by atoms with Gasteiger partial charge in [-0.1, -0.05) is 12.1 Å². The molecule has 0 aliphatic carbocycles. The number of esters is 1. The number of methoxy groups -OCH3 is 1. The van der Waals surface area contributed by atoms with Crippen molar-refractivity contribution >= 4 is 11.8 Å². The van der Waals surface area contributed by atoms with E-state index in [1.54, 1.807) is 24.3 Å². The van der Waals surface area contributed by atoms with Gasteiger partial charge in [0.1, 0.15) is 24.0 Å². The maximum Gasteiger partial charge on any atom is 0.306 e. The second-order valence-electron chi connectivity index (χ2n) is 5.06. The number of carbonyl (C=O) groups is 2. The minimum absolute atomic E-state index is 0.0507. The van der Waals surface area contributed by atoms with Crippen molar-refractivity contribution in [1.29, 1.82) is 0 Å². The summed E-state index contributed by atoms with van der Waals surface area (Å²) in [6, 6.07) is 9.73. The molecule has 0 aromatic heterocycles. The van der Waals surface area contributed by atoms with Gasteiger partial charge in [-0.2, -0.15) is 0 Å². The van der Waals surface area contributed by atoms with E-state index in [1.807, 2.05) is 0 Å². The Kier molecular flexibility index (Phi) is 6.01. The molecule has 0 heterocycles. The molecule has 6 heteroatoms. The fraction of sp³-hybridized carbons (Fsp3) is 0.222. The first kappa shape index (κ1) is 17.6. The van der Waals surface area contributed by atoms with E-state index >= 15 is 0 Å². The minimum Gasteiger partial charge on any atom is -0.497 e. The molecule has 0 radical (unpaired) electrons. The Morgan fingerprint density at radius 2 is 1.83 bits per heavy atom. The number of rotatable bonds is 7. The molecule has 0 aliphatic rings. The van der Waals surface area contributed by atoms with Gasteiger partial charge in [0.05, 0.1) is 19.1 Å². The molecule has 0 atom stereocenters. The summed E-state index contributed by atoms with van der Waals surface area (Å²) >= 11 is 0. The first-order valence-corrected chi connectivity index (χ1v) is 7.26. The van der Waals surface area contributed by atoms with Crippen molar-refractivity contribution in [3.05, 3.63) is 65.2 Å².